The van der Waals surface area contributed by atoms with Gasteiger partial charge in [-0.2, -0.15) is 0 Å². The van der Waals surface area contributed by atoms with Crippen LogP contribution in [0.2, 0.25) is 0 Å². The molecule has 2 rings (SSSR count). The third-order valence-corrected chi connectivity index (χ3v) is 4.20. The van der Waals surface area contributed by atoms with Crippen molar-refractivity contribution in [2.45, 2.75) is 52.0 Å². The van der Waals surface area contributed by atoms with Gasteiger partial charge in [0, 0.05) is 24.7 Å². The summed E-state index contributed by atoms with van der Waals surface area (Å²) in [6.45, 7) is 6.54. The summed E-state index contributed by atoms with van der Waals surface area (Å²) in [6, 6.07) is 4.33. The monoisotopic (exact) mass is 377 g/mol. The second kappa shape index (κ2) is 8.83. The lowest BCUT2D eigenvalue weighted by molar-refractivity contribution is -0.384. The van der Waals surface area contributed by atoms with E-state index in [9.17, 15) is 19.7 Å². The van der Waals surface area contributed by atoms with Crippen LogP contribution in [-0.2, 0) is 9.53 Å². The van der Waals surface area contributed by atoms with Gasteiger partial charge in [-0.3, -0.25) is 14.9 Å². The fourth-order valence-electron chi connectivity index (χ4n) is 3.04. The van der Waals surface area contributed by atoms with Gasteiger partial charge in [0.05, 0.1) is 10.5 Å². The predicted octanol–water partition coefficient (Wildman–Crippen LogP) is 3.05. The first-order valence-corrected chi connectivity index (χ1v) is 9.19. The van der Waals surface area contributed by atoms with Gasteiger partial charge in [-0.25, -0.2) is 4.79 Å². The fourth-order valence-corrected chi connectivity index (χ4v) is 3.04. The van der Waals surface area contributed by atoms with Crippen LogP contribution in [0.5, 0.6) is 0 Å². The lowest BCUT2D eigenvalue weighted by Crippen LogP contribution is -2.42. The number of carbonyl (C=O) groups excluding carboxylic acids is 2. The van der Waals surface area contributed by atoms with E-state index in [0.29, 0.717) is 5.69 Å². The Hall–Kier alpha value is -2.64. The van der Waals surface area contributed by atoms with Crippen LogP contribution in [0.4, 0.5) is 11.4 Å². The highest BCUT2D eigenvalue weighted by Gasteiger charge is 2.23. The molecular weight excluding hydrogens is 350 g/mol. The van der Waals surface area contributed by atoms with Crippen LogP contribution in [0, 0.1) is 10.1 Å². The number of anilines is 1. The highest BCUT2D eigenvalue weighted by atomic mass is 16.6. The van der Waals surface area contributed by atoms with Crippen molar-refractivity contribution in [3.05, 3.63) is 33.9 Å². The van der Waals surface area contributed by atoms with Crippen molar-refractivity contribution in [2.24, 2.45) is 0 Å². The van der Waals surface area contributed by atoms with Crippen LogP contribution < -0.4 is 10.2 Å². The van der Waals surface area contributed by atoms with E-state index in [1.54, 1.807) is 6.07 Å². The number of amides is 1. The molecule has 1 aliphatic rings. The molecule has 0 bridgehead atoms. The number of benzene rings is 1. The highest BCUT2D eigenvalue weighted by molar-refractivity contribution is 5.93. The highest BCUT2D eigenvalue weighted by Crippen LogP contribution is 2.31. The third kappa shape index (κ3) is 6.23. The standard InChI is InChI=1S/C19H27N3O5/c1-19(2,3)20-17(23)13-27-18(24)14-8-9-15(16(12-14)22(25)26)21-10-6-4-5-7-11-21/h8-9,12H,4-7,10-11,13H2,1-3H3,(H,20,23). The summed E-state index contributed by atoms with van der Waals surface area (Å²) in [5, 5.41) is 14.2. The molecule has 0 aromatic heterocycles. The van der Waals surface area contributed by atoms with Crippen molar-refractivity contribution in [1.29, 1.82) is 0 Å². The van der Waals surface area contributed by atoms with Crippen molar-refractivity contribution < 1.29 is 19.2 Å². The van der Waals surface area contributed by atoms with Crippen molar-refractivity contribution in [1.82, 2.24) is 5.32 Å². The molecular formula is C19H27N3O5. The molecule has 8 heteroatoms. The zero-order chi connectivity index (χ0) is 20.0. The molecule has 27 heavy (non-hydrogen) atoms. The van der Waals surface area contributed by atoms with Gasteiger partial charge in [0.15, 0.2) is 6.61 Å². The number of nitrogens with one attached hydrogen (secondary N) is 1. The molecule has 0 atom stereocenters. The summed E-state index contributed by atoms with van der Waals surface area (Å²) < 4.78 is 4.99. The van der Waals surface area contributed by atoms with Crippen LogP contribution >= 0.6 is 0 Å². The van der Waals surface area contributed by atoms with Crippen LogP contribution in [0.25, 0.3) is 0 Å². The first-order valence-electron chi connectivity index (χ1n) is 9.19. The maximum atomic E-state index is 12.2. The molecule has 1 N–H and O–H groups in total. The number of nitro groups is 1. The molecule has 1 saturated heterocycles. The summed E-state index contributed by atoms with van der Waals surface area (Å²) >= 11 is 0. The molecule has 0 aliphatic carbocycles. The number of hydrogen-bond acceptors (Lipinski definition) is 6. The molecule has 0 unspecified atom stereocenters. The third-order valence-electron chi connectivity index (χ3n) is 4.20. The first kappa shape index (κ1) is 20.7. The summed E-state index contributed by atoms with van der Waals surface area (Å²) in [5.41, 5.74) is 0.0233. The van der Waals surface area contributed by atoms with Gasteiger partial charge >= 0.3 is 5.97 Å². The molecule has 0 spiro atoms. The number of esters is 1. The Morgan fingerprint density at radius 2 is 1.81 bits per heavy atom. The van der Waals surface area contributed by atoms with Gasteiger partial charge in [0.2, 0.25) is 0 Å². The average molecular weight is 377 g/mol. The van der Waals surface area contributed by atoms with Crippen molar-refractivity contribution in [3.63, 3.8) is 0 Å². The van der Waals surface area contributed by atoms with Gasteiger partial charge in [0.1, 0.15) is 5.69 Å². The van der Waals surface area contributed by atoms with E-state index in [-0.39, 0.29) is 11.3 Å². The fraction of sp³-hybridized carbons (Fsp3) is 0.579. The summed E-state index contributed by atoms with van der Waals surface area (Å²) in [7, 11) is 0. The number of ether oxygens (including phenoxy) is 1. The molecule has 1 heterocycles. The molecule has 1 amide bonds. The molecule has 0 saturated carbocycles. The summed E-state index contributed by atoms with van der Waals surface area (Å²) in [6.07, 6.45) is 4.21. The van der Waals surface area contributed by atoms with E-state index >= 15 is 0 Å². The van der Waals surface area contributed by atoms with Gasteiger partial charge in [-0.05, 0) is 45.7 Å². The largest absolute Gasteiger partial charge is 0.452 e. The van der Waals surface area contributed by atoms with Crippen LogP contribution in [0.15, 0.2) is 18.2 Å². The van der Waals surface area contributed by atoms with Gasteiger partial charge in [-0.15, -0.1) is 0 Å². The molecule has 0 radical (unpaired) electrons. The smallest absolute Gasteiger partial charge is 0.338 e. The topological polar surface area (TPSA) is 102 Å². The van der Waals surface area contributed by atoms with E-state index in [2.05, 4.69) is 5.32 Å². The Kier molecular flexibility index (Phi) is 6.76. The van der Waals surface area contributed by atoms with E-state index < -0.39 is 28.9 Å². The molecule has 1 aromatic rings. The quantitative estimate of drug-likeness (QED) is 0.481. The van der Waals surface area contributed by atoms with E-state index in [1.165, 1.54) is 12.1 Å². The molecule has 1 aromatic carbocycles. The zero-order valence-electron chi connectivity index (χ0n) is 16.1. The minimum atomic E-state index is -0.760. The second-order valence-electron chi connectivity index (χ2n) is 7.74. The Balaban J connectivity index is 2.11. The minimum absolute atomic E-state index is 0.0591. The molecule has 148 valence electrons. The summed E-state index contributed by atoms with van der Waals surface area (Å²) in [4.78, 5) is 37.0. The predicted molar refractivity (Wildman–Crippen MR) is 102 cm³/mol. The Morgan fingerprint density at radius 3 is 2.37 bits per heavy atom. The van der Waals surface area contributed by atoms with Crippen molar-refractivity contribution in [3.8, 4) is 0 Å². The number of rotatable bonds is 5. The maximum absolute atomic E-state index is 12.2. The molecule has 1 fully saturated rings. The van der Waals surface area contributed by atoms with Gasteiger partial charge < -0.3 is 15.0 Å². The Labute approximate surface area is 159 Å². The number of nitro benzene ring substituents is 1. The lowest BCUT2D eigenvalue weighted by atomic mass is 10.1. The lowest BCUT2D eigenvalue weighted by Gasteiger charge is -2.22. The first-order chi connectivity index (χ1) is 12.7. The van der Waals surface area contributed by atoms with Gasteiger partial charge in [0.25, 0.3) is 11.6 Å². The van der Waals surface area contributed by atoms with Gasteiger partial charge in [-0.1, -0.05) is 12.8 Å². The molecule has 8 nitrogen and oxygen atoms in total. The Bertz CT molecular complexity index is 704. The van der Waals surface area contributed by atoms with Crippen LogP contribution in [0.1, 0.15) is 56.8 Å². The second-order valence-corrected chi connectivity index (χ2v) is 7.74. The van der Waals surface area contributed by atoms with Crippen molar-refractivity contribution >= 4 is 23.3 Å². The number of nitrogens with zero attached hydrogens (tertiary/aromatic N) is 2. The minimum Gasteiger partial charge on any atom is -0.452 e. The van der Waals surface area contributed by atoms with Crippen LogP contribution in [0.3, 0.4) is 0 Å². The molecule has 1 aliphatic heterocycles. The van der Waals surface area contributed by atoms with E-state index in [0.717, 1.165) is 38.8 Å². The SMILES string of the molecule is CC(C)(C)NC(=O)COC(=O)c1ccc(N2CCCCCC2)c([N+](=O)[O-])c1. The maximum Gasteiger partial charge on any atom is 0.338 e. The van der Waals surface area contributed by atoms with Crippen molar-refractivity contribution in [2.75, 3.05) is 24.6 Å². The number of hydrogen-bond donors (Lipinski definition) is 1. The zero-order valence-corrected chi connectivity index (χ0v) is 16.1. The number of carbonyl (C=O) groups is 2. The van der Waals surface area contributed by atoms with E-state index in [4.69, 9.17) is 4.74 Å². The van der Waals surface area contributed by atoms with Crippen LogP contribution in [-0.4, -0.2) is 42.0 Å². The van der Waals surface area contributed by atoms with E-state index in [1.807, 2.05) is 25.7 Å². The average Bonchev–Trinajstić information content (AvgIpc) is 2.87. The Morgan fingerprint density at radius 1 is 1.19 bits per heavy atom. The normalized spacial score (nSPS) is 15.0. The summed E-state index contributed by atoms with van der Waals surface area (Å²) in [5.74, 6) is -1.18.